The van der Waals surface area contributed by atoms with Crippen molar-refractivity contribution in [3.05, 3.63) is 12.3 Å². The molecule has 1 unspecified atom stereocenters. The zero-order chi connectivity index (χ0) is 9.40. The molecule has 0 fully saturated rings. The molecule has 0 saturated heterocycles. The maximum atomic E-state index is 5.00. The van der Waals surface area contributed by atoms with Crippen LogP contribution in [0.4, 0.5) is 0 Å². The number of hydrogen-bond acceptors (Lipinski definition) is 1. The molecule has 0 aliphatic carbocycles. The molecular formula is C11H22O. The van der Waals surface area contributed by atoms with E-state index in [0.717, 1.165) is 18.1 Å². The fourth-order valence-corrected chi connectivity index (χ4v) is 1.39. The first kappa shape index (κ1) is 11.5. The molecule has 0 heterocycles. The van der Waals surface area contributed by atoms with E-state index in [4.69, 9.17) is 4.74 Å². The zero-order valence-corrected chi connectivity index (χ0v) is 8.73. The molecule has 1 atom stereocenters. The number of rotatable bonds is 7. The molecule has 0 saturated carbocycles. The second kappa shape index (κ2) is 7.20. The van der Waals surface area contributed by atoms with Gasteiger partial charge in [-0.2, -0.15) is 0 Å². The van der Waals surface area contributed by atoms with Crippen molar-refractivity contribution in [2.24, 2.45) is 5.92 Å². The third-order valence-electron chi connectivity index (χ3n) is 2.22. The maximum Gasteiger partial charge on any atom is 0.0883 e. The van der Waals surface area contributed by atoms with Gasteiger partial charge >= 0.3 is 0 Å². The normalized spacial score (nSPS) is 12.6. The minimum atomic E-state index is 0.861. The van der Waals surface area contributed by atoms with E-state index in [1.54, 1.807) is 7.11 Å². The monoisotopic (exact) mass is 170 g/mol. The van der Waals surface area contributed by atoms with E-state index < -0.39 is 0 Å². The van der Waals surface area contributed by atoms with Crippen LogP contribution < -0.4 is 0 Å². The largest absolute Gasteiger partial charge is 0.502 e. The first-order valence-corrected chi connectivity index (χ1v) is 4.92. The fraction of sp³-hybridized carbons (Fsp3) is 0.818. The van der Waals surface area contributed by atoms with Crippen LogP contribution in [0.1, 0.15) is 46.0 Å². The second-order valence-corrected chi connectivity index (χ2v) is 3.53. The molecule has 0 bridgehead atoms. The van der Waals surface area contributed by atoms with Gasteiger partial charge in [-0.25, -0.2) is 0 Å². The molecule has 0 aliphatic rings. The topological polar surface area (TPSA) is 9.23 Å². The molecule has 0 radical (unpaired) electrons. The standard InChI is InChI=1S/C11H22O/c1-5-7-10(2)8-6-9-11(3)12-4/h10H,3,5-9H2,1-2,4H3. The molecule has 72 valence electrons. The van der Waals surface area contributed by atoms with Gasteiger partial charge in [-0.3, -0.25) is 0 Å². The SMILES string of the molecule is C=C(CCCC(C)CCC)OC. The van der Waals surface area contributed by atoms with E-state index in [-0.39, 0.29) is 0 Å². The molecule has 0 aromatic rings. The van der Waals surface area contributed by atoms with Gasteiger partial charge in [-0.05, 0) is 12.3 Å². The van der Waals surface area contributed by atoms with Crippen molar-refractivity contribution in [1.82, 2.24) is 0 Å². The van der Waals surface area contributed by atoms with E-state index >= 15 is 0 Å². The van der Waals surface area contributed by atoms with Gasteiger partial charge in [0.25, 0.3) is 0 Å². The second-order valence-electron chi connectivity index (χ2n) is 3.53. The fourth-order valence-electron chi connectivity index (χ4n) is 1.39. The highest BCUT2D eigenvalue weighted by molar-refractivity contribution is 4.80. The van der Waals surface area contributed by atoms with E-state index in [9.17, 15) is 0 Å². The van der Waals surface area contributed by atoms with Crippen LogP contribution in [0.2, 0.25) is 0 Å². The van der Waals surface area contributed by atoms with Crippen molar-refractivity contribution in [3.63, 3.8) is 0 Å². The predicted octanol–water partition coefficient (Wildman–Crippen LogP) is 3.75. The lowest BCUT2D eigenvalue weighted by Gasteiger charge is -2.09. The Hall–Kier alpha value is -0.460. The summed E-state index contributed by atoms with van der Waals surface area (Å²) >= 11 is 0. The van der Waals surface area contributed by atoms with Crippen molar-refractivity contribution in [2.45, 2.75) is 46.0 Å². The van der Waals surface area contributed by atoms with Crippen LogP contribution in [0.5, 0.6) is 0 Å². The van der Waals surface area contributed by atoms with Crippen molar-refractivity contribution in [1.29, 1.82) is 0 Å². The zero-order valence-electron chi connectivity index (χ0n) is 8.73. The van der Waals surface area contributed by atoms with Crippen LogP contribution in [-0.2, 0) is 4.74 Å². The molecular weight excluding hydrogens is 148 g/mol. The Balaban J connectivity index is 3.24. The lowest BCUT2D eigenvalue weighted by atomic mass is 9.99. The molecule has 1 nitrogen and oxygen atoms in total. The summed E-state index contributed by atoms with van der Waals surface area (Å²) < 4.78 is 5.00. The van der Waals surface area contributed by atoms with Gasteiger partial charge < -0.3 is 4.74 Å². The summed E-state index contributed by atoms with van der Waals surface area (Å²) in [6, 6.07) is 0. The number of allylic oxidation sites excluding steroid dienone is 1. The van der Waals surface area contributed by atoms with Gasteiger partial charge in [0.15, 0.2) is 0 Å². The van der Waals surface area contributed by atoms with Crippen molar-refractivity contribution < 1.29 is 4.74 Å². The quantitative estimate of drug-likeness (QED) is 0.529. The summed E-state index contributed by atoms with van der Waals surface area (Å²) in [6.45, 7) is 8.35. The lowest BCUT2D eigenvalue weighted by Crippen LogP contribution is -1.94. The highest BCUT2D eigenvalue weighted by Gasteiger charge is 2.00. The Morgan fingerprint density at radius 2 is 2.08 bits per heavy atom. The Morgan fingerprint density at radius 1 is 1.42 bits per heavy atom. The van der Waals surface area contributed by atoms with Crippen LogP contribution in [0.15, 0.2) is 12.3 Å². The Labute approximate surface area is 76.8 Å². The van der Waals surface area contributed by atoms with E-state index in [2.05, 4.69) is 20.4 Å². The maximum absolute atomic E-state index is 5.00. The van der Waals surface area contributed by atoms with Crippen LogP contribution in [-0.4, -0.2) is 7.11 Å². The van der Waals surface area contributed by atoms with Crippen LogP contribution >= 0.6 is 0 Å². The average molecular weight is 170 g/mol. The van der Waals surface area contributed by atoms with Crippen molar-refractivity contribution in [3.8, 4) is 0 Å². The minimum absolute atomic E-state index is 0.861. The molecule has 0 aromatic heterocycles. The van der Waals surface area contributed by atoms with Crippen LogP contribution in [0.3, 0.4) is 0 Å². The van der Waals surface area contributed by atoms with E-state index in [1.165, 1.54) is 25.7 Å². The summed E-state index contributed by atoms with van der Waals surface area (Å²) in [4.78, 5) is 0. The predicted molar refractivity (Wildman–Crippen MR) is 54.1 cm³/mol. The highest BCUT2D eigenvalue weighted by Crippen LogP contribution is 2.15. The summed E-state index contributed by atoms with van der Waals surface area (Å²) in [5.74, 6) is 1.78. The first-order chi connectivity index (χ1) is 5.70. The van der Waals surface area contributed by atoms with Gasteiger partial charge in [0.1, 0.15) is 0 Å². The van der Waals surface area contributed by atoms with Gasteiger partial charge in [0.2, 0.25) is 0 Å². The average Bonchev–Trinajstić information content (AvgIpc) is 2.04. The van der Waals surface area contributed by atoms with E-state index in [1.807, 2.05) is 0 Å². The summed E-state index contributed by atoms with van der Waals surface area (Å²) in [5, 5.41) is 0. The van der Waals surface area contributed by atoms with Crippen LogP contribution in [0, 0.1) is 5.92 Å². The van der Waals surface area contributed by atoms with Gasteiger partial charge in [-0.1, -0.05) is 39.7 Å². The van der Waals surface area contributed by atoms with Gasteiger partial charge in [0.05, 0.1) is 12.9 Å². The summed E-state index contributed by atoms with van der Waals surface area (Å²) in [6.07, 6.45) is 6.18. The number of ether oxygens (including phenoxy) is 1. The smallest absolute Gasteiger partial charge is 0.0883 e. The molecule has 0 spiro atoms. The molecule has 0 N–H and O–H groups in total. The lowest BCUT2D eigenvalue weighted by molar-refractivity contribution is 0.273. The van der Waals surface area contributed by atoms with Gasteiger partial charge in [-0.15, -0.1) is 0 Å². The van der Waals surface area contributed by atoms with Crippen molar-refractivity contribution in [2.75, 3.05) is 7.11 Å². The van der Waals surface area contributed by atoms with Crippen LogP contribution in [0.25, 0.3) is 0 Å². The first-order valence-electron chi connectivity index (χ1n) is 4.92. The molecule has 12 heavy (non-hydrogen) atoms. The molecule has 0 aromatic carbocycles. The summed E-state index contributed by atoms with van der Waals surface area (Å²) in [7, 11) is 1.69. The third kappa shape index (κ3) is 6.26. The number of methoxy groups -OCH3 is 1. The Morgan fingerprint density at radius 3 is 2.58 bits per heavy atom. The molecule has 1 heteroatoms. The Bertz CT molecular complexity index is 118. The Kier molecular flexibility index (Phi) is 6.93. The van der Waals surface area contributed by atoms with E-state index in [0.29, 0.717) is 0 Å². The number of hydrogen-bond donors (Lipinski definition) is 0. The molecule has 0 amide bonds. The highest BCUT2D eigenvalue weighted by atomic mass is 16.5. The van der Waals surface area contributed by atoms with Gasteiger partial charge in [0, 0.05) is 6.42 Å². The molecule has 0 rings (SSSR count). The minimum Gasteiger partial charge on any atom is -0.502 e. The van der Waals surface area contributed by atoms with Crippen molar-refractivity contribution >= 4 is 0 Å². The summed E-state index contributed by atoms with van der Waals surface area (Å²) in [5.41, 5.74) is 0. The molecule has 0 aliphatic heterocycles. The third-order valence-corrected chi connectivity index (χ3v) is 2.22.